The summed E-state index contributed by atoms with van der Waals surface area (Å²) in [6.45, 7) is 2.16. The molecule has 2 nitrogen and oxygen atoms in total. The Kier molecular flexibility index (Phi) is 4.46. The van der Waals surface area contributed by atoms with Crippen LogP contribution in [0.1, 0.15) is 19.3 Å². The molecule has 0 spiro atoms. The standard InChI is InChI=1S/C13H19ClN2S/c1-17-11-3-2-7-16(8-6-11)13-9-10(14)4-5-12(13)15/h4-5,9,11H,2-3,6-8,15H2,1H3. The van der Waals surface area contributed by atoms with E-state index in [1.165, 1.54) is 19.3 Å². The molecule has 0 bridgehead atoms. The summed E-state index contributed by atoms with van der Waals surface area (Å²) in [5.74, 6) is 0. The van der Waals surface area contributed by atoms with Gasteiger partial charge >= 0.3 is 0 Å². The highest BCUT2D eigenvalue weighted by Gasteiger charge is 2.17. The largest absolute Gasteiger partial charge is 0.397 e. The van der Waals surface area contributed by atoms with Gasteiger partial charge in [0.05, 0.1) is 11.4 Å². The minimum atomic E-state index is 0.764. The van der Waals surface area contributed by atoms with Gasteiger partial charge in [0.2, 0.25) is 0 Å². The van der Waals surface area contributed by atoms with E-state index in [9.17, 15) is 0 Å². The molecule has 1 saturated heterocycles. The van der Waals surface area contributed by atoms with Crippen LogP contribution in [0.4, 0.5) is 11.4 Å². The van der Waals surface area contributed by atoms with Crippen LogP contribution in [0.15, 0.2) is 18.2 Å². The first-order valence-corrected chi connectivity index (χ1v) is 7.70. The Morgan fingerprint density at radius 1 is 1.35 bits per heavy atom. The van der Waals surface area contributed by atoms with Crippen molar-refractivity contribution < 1.29 is 0 Å². The Hall–Kier alpha value is -0.540. The van der Waals surface area contributed by atoms with E-state index >= 15 is 0 Å². The Balaban J connectivity index is 2.13. The fraction of sp³-hybridized carbons (Fsp3) is 0.538. The molecule has 2 N–H and O–H groups in total. The number of nitrogens with zero attached hydrogens (tertiary/aromatic N) is 1. The van der Waals surface area contributed by atoms with Crippen molar-refractivity contribution in [3.8, 4) is 0 Å². The molecule has 0 aromatic heterocycles. The van der Waals surface area contributed by atoms with Crippen molar-refractivity contribution in [2.45, 2.75) is 24.5 Å². The number of anilines is 2. The highest BCUT2D eigenvalue weighted by molar-refractivity contribution is 7.99. The van der Waals surface area contributed by atoms with E-state index < -0.39 is 0 Å². The average molecular weight is 271 g/mol. The lowest BCUT2D eigenvalue weighted by molar-refractivity contribution is 0.745. The van der Waals surface area contributed by atoms with E-state index in [1.807, 2.05) is 30.0 Å². The molecule has 1 aliphatic rings. The summed E-state index contributed by atoms with van der Waals surface area (Å²) in [4.78, 5) is 2.37. The second-order valence-corrected chi connectivity index (χ2v) is 6.05. The SMILES string of the molecule is CSC1CCCN(c2cc(Cl)ccc2N)CC1. The predicted molar refractivity (Wildman–Crippen MR) is 79.2 cm³/mol. The first-order chi connectivity index (χ1) is 8.20. The molecule has 1 atom stereocenters. The first kappa shape index (κ1) is 12.9. The lowest BCUT2D eigenvalue weighted by atomic mass is 10.2. The molecule has 1 aromatic rings. The van der Waals surface area contributed by atoms with Gasteiger partial charge in [0.25, 0.3) is 0 Å². The summed E-state index contributed by atoms with van der Waals surface area (Å²) in [6, 6.07) is 5.73. The summed E-state index contributed by atoms with van der Waals surface area (Å²) in [7, 11) is 0. The Bertz CT molecular complexity index is 384. The van der Waals surface area contributed by atoms with Crippen molar-refractivity contribution in [3.63, 3.8) is 0 Å². The van der Waals surface area contributed by atoms with Crippen LogP contribution in [-0.4, -0.2) is 24.6 Å². The fourth-order valence-corrected chi connectivity index (χ4v) is 3.24. The van der Waals surface area contributed by atoms with Crippen molar-refractivity contribution in [2.75, 3.05) is 30.0 Å². The summed E-state index contributed by atoms with van der Waals surface area (Å²) in [5, 5.41) is 1.56. The molecule has 1 fully saturated rings. The molecule has 0 radical (unpaired) electrons. The first-order valence-electron chi connectivity index (χ1n) is 6.03. The zero-order valence-electron chi connectivity index (χ0n) is 10.2. The van der Waals surface area contributed by atoms with Crippen LogP contribution in [0.5, 0.6) is 0 Å². The topological polar surface area (TPSA) is 29.3 Å². The van der Waals surface area contributed by atoms with Crippen LogP contribution in [0, 0.1) is 0 Å². The molecule has 94 valence electrons. The van der Waals surface area contributed by atoms with Crippen molar-refractivity contribution in [1.82, 2.24) is 0 Å². The number of rotatable bonds is 2. The molecule has 1 aromatic carbocycles. The van der Waals surface area contributed by atoms with Crippen LogP contribution in [0.2, 0.25) is 5.02 Å². The van der Waals surface area contributed by atoms with Gasteiger partial charge in [-0.05, 0) is 43.7 Å². The molecule has 0 amide bonds. The van der Waals surface area contributed by atoms with Crippen molar-refractivity contribution in [1.29, 1.82) is 0 Å². The van der Waals surface area contributed by atoms with Crippen LogP contribution >= 0.6 is 23.4 Å². The molecular weight excluding hydrogens is 252 g/mol. The highest BCUT2D eigenvalue weighted by Crippen LogP contribution is 2.30. The van der Waals surface area contributed by atoms with E-state index in [0.29, 0.717) is 0 Å². The molecule has 17 heavy (non-hydrogen) atoms. The number of benzene rings is 1. The predicted octanol–water partition coefficient (Wildman–Crippen LogP) is 3.64. The number of hydrogen-bond acceptors (Lipinski definition) is 3. The van der Waals surface area contributed by atoms with Crippen LogP contribution in [0.3, 0.4) is 0 Å². The average Bonchev–Trinajstić information content (AvgIpc) is 2.57. The van der Waals surface area contributed by atoms with E-state index in [0.717, 1.165) is 34.7 Å². The smallest absolute Gasteiger partial charge is 0.0614 e. The lowest BCUT2D eigenvalue weighted by Gasteiger charge is -2.24. The highest BCUT2D eigenvalue weighted by atomic mass is 35.5. The van der Waals surface area contributed by atoms with Gasteiger partial charge in [-0.3, -0.25) is 0 Å². The minimum absolute atomic E-state index is 0.764. The summed E-state index contributed by atoms with van der Waals surface area (Å²) >= 11 is 8.03. The normalized spacial score (nSPS) is 21.3. The van der Waals surface area contributed by atoms with E-state index in [-0.39, 0.29) is 0 Å². The van der Waals surface area contributed by atoms with Gasteiger partial charge in [-0.15, -0.1) is 0 Å². The summed E-state index contributed by atoms with van der Waals surface area (Å²) in [6.07, 6.45) is 5.97. The van der Waals surface area contributed by atoms with Crippen molar-refractivity contribution >= 4 is 34.7 Å². The van der Waals surface area contributed by atoms with Crippen LogP contribution in [-0.2, 0) is 0 Å². The number of thioether (sulfide) groups is 1. The van der Waals surface area contributed by atoms with Crippen molar-refractivity contribution in [3.05, 3.63) is 23.2 Å². The lowest BCUT2D eigenvalue weighted by Crippen LogP contribution is -2.25. The van der Waals surface area contributed by atoms with E-state index in [1.54, 1.807) is 0 Å². The third-order valence-corrected chi connectivity index (χ3v) is 4.71. The van der Waals surface area contributed by atoms with Gasteiger partial charge in [-0.25, -0.2) is 0 Å². The fourth-order valence-electron chi connectivity index (χ4n) is 2.33. The molecule has 0 aliphatic carbocycles. The van der Waals surface area contributed by atoms with E-state index in [4.69, 9.17) is 17.3 Å². The summed E-state index contributed by atoms with van der Waals surface area (Å²) in [5.41, 5.74) is 7.96. The van der Waals surface area contributed by atoms with Crippen LogP contribution in [0.25, 0.3) is 0 Å². The third kappa shape index (κ3) is 3.23. The number of hydrogen-bond donors (Lipinski definition) is 1. The maximum absolute atomic E-state index is 6.05. The minimum Gasteiger partial charge on any atom is -0.397 e. The summed E-state index contributed by atoms with van der Waals surface area (Å²) < 4.78 is 0. The van der Waals surface area contributed by atoms with Gasteiger partial charge in [-0.2, -0.15) is 11.8 Å². The van der Waals surface area contributed by atoms with Crippen molar-refractivity contribution in [2.24, 2.45) is 0 Å². The van der Waals surface area contributed by atoms with E-state index in [2.05, 4.69) is 11.2 Å². The van der Waals surface area contributed by atoms with Crippen LogP contribution < -0.4 is 10.6 Å². The molecule has 1 heterocycles. The second-order valence-electron chi connectivity index (χ2n) is 4.48. The monoisotopic (exact) mass is 270 g/mol. The second kappa shape index (κ2) is 5.87. The van der Waals surface area contributed by atoms with Gasteiger partial charge in [0, 0.05) is 23.4 Å². The zero-order valence-corrected chi connectivity index (χ0v) is 11.7. The molecule has 1 aliphatic heterocycles. The maximum atomic E-state index is 6.05. The number of nitrogens with two attached hydrogens (primary N) is 1. The molecule has 0 saturated carbocycles. The number of halogens is 1. The number of nitrogen functional groups attached to an aromatic ring is 1. The molecular formula is C13H19ClN2S. The maximum Gasteiger partial charge on any atom is 0.0614 e. The molecule has 4 heteroatoms. The van der Waals surface area contributed by atoms with Gasteiger partial charge in [0.15, 0.2) is 0 Å². The zero-order chi connectivity index (χ0) is 12.3. The molecule has 1 unspecified atom stereocenters. The molecule has 2 rings (SSSR count). The van der Waals surface area contributed by atoms with Gasteiger partial charge in [0.1, 0.15) is 0 Å². The third-order valence-electron chi connectivity index (χ3n) is 3.34. The quantitative estimate of drug-likeness (QED) is 0.832. The van der Waals surface area contributed by atoms with Gasteiger partial charge < -0.3 is 10.6 Å². The van der Waals surface area contributed by atoms with Gasteiger partial charge in [-0.1, -0.05) is 11.6 Å². The Labute approximate surface area is 113 Å². The Morgan fingerprint density at radius 2 is 2.18 bits per heavy atom. The Morgan fingerprint density at radius 3 is 2.94 bits per heavy atom.